The van der Waals surface area contributed by atoms with Crippen molar-refractivity contribution in [1.29, 1.82) is 0 Å². The van der Waals surface area contributed by atoms with Crippen molar-refractivity contribution in [2.45, 2.75) is 31.8 Å². The highest BCUT2D eigenvalue weighted by molar-refractivity contribution is 6.31. The predicted molar refractivity (Wildman–Crippen MR) is 100.0 cm³/mol. The van der Waals surface area contributed by atoms with Crippen molar-refractivity contribution in [3.05, 3.63) is 64.4 Å². The third kappa shape index (κ3) is 4.34. The van der Waals surface area contributed by atoms with Gasteiger partial charge in [-0.25, -0.2) is 4.39 Å². The molecule has 1 amide bonds. The van der Waals surface area contributed by atoms with Crippen LogP contribution in [0.25, 0.3) is 0 Å². The van der Waals surface area contributed by atoms with E-state index in [0.717, 1.165) is 31.5 Å². The van der Waals surface area contributed by atoms with E-state index in [2.05, 4.69) is 17.1 Å². The van der Waals surface area contributed by atoms with Crippen molar-refractivity contribution in [3.63, 3.8) is 0 Å². The third-order valence-corrected chi connectivity index (χ3v) is 5.26. The summed E-state index contributed by atoms with van der Waals surface area (Å²) >= 11 is 5.75. The summed E-state index contributed by atoms with van der Waals surface area (Å²) in [5.74, 6) is -0.486. The van der Waals surface area contributed by atoms with Gasteiger partial charge in [-0.15, -0.1) is 0 Å². The lowest BCUT2D eigenvalue weighted by Crippen LogP contribution is -2.45. The molecule has 138 valence electrons. The average molecular weight is 377 g/mol. The van der Waals surface area contributed by atoms with Crippen LogP contribution in [0.4, 0.5) is 4.39 Å². The average Bonchev–Trinajstić information content (AvgIpc) is 2.64. The summed E-state index contributed by atoms with van der Waals surface area (Å²) in [6, 6.07) is 11.6. The first-order chi connectivity index (χ1) is 12.4. The summed E-state index contributed by atoms with van der Waals surface area (Å²) in [6.07, 6.45) is 1.70. The predicted octanol–water partition coefficient (Wildman–Crippen LogP) is 4.14. The quantitative estimate of drug-likeness (QED) is 0.843. The highest BCUT2D eigenvalue weighted by Gasteiger charge is 2.25. The molecule has 0 bridgehead atoms. The highest BCUT2D eigenvalue weighted by Crippen LogP contribution is 2.25. The van der Waals surface area contributed by atoms with Gasteiger partial charge in [-0.3, -0.25) is 9.69 Å². The number of carbonyl (C=O) groups is 1. The third-order valence-electron chi connectivity index (χ3n) is 4.97. The van der Waals surface area contributed by atoms with Gasteiger partial charge in [0.25, 0.3) is 5.91 Å². The number of hydrogen-bond donors (Lipinski definition) is 2. The first-order valence-electron chi connectivity index (χ1n) is 8.73. The van der Waals surface area contributed by atoms with E-state index in [4.69, 9.17) is 11.6 Å². The van der Waals surface area contributed by atoms with E-state index in [1.54, 1.807) is 12.1 Å². The molecule has 1 aliphatic rings. The molecule has 6 heteroatoms. The van der Waals surface area contributed by atoms with E-state index in [-0.39, 0.29) is 28.8 Å². The van der Waals surface area contributed by atoms with E-state index in [1.807, 2.05) is 12.1 Å². The molecule has 2 N–H and O–H groups in total. The van der Waals surface area contributed by atoms with E-state index >= 15 is 0 Å². The Morgan fingerprint density at radius 2 is 1.88 bits per heavy atom. The minimum atomic E-state index is -0.528. The maximum Gasteiger partial charge on any atom is 0.251 e. The SMILES string of the molecule is CC(c1ccc(O)cc1)N1CCC(NC(=O)c2ccc(F)c(Cl)c2)CC1. The first-order valence-corrected chi connectivity index (χ1v) is 9.10. The fourth-order valence-electron chi connectivity index (χ4n) is 3.30. The van der Waals surface area contributed by atoms with Crippen molar-refractivity contribution in [2.24, 2.45) is 0 Å². The zero-order valence-corrected chi connectivity index (χ0v) is 15.3. The largest absolute Gasteiger partial charge is 0.508 e. The second kappa shape index (κ2) is 8.06. The van der Waals surface area contributed by atoms with Gasteiger partial charge >= 0.3 is 0 Å². The van der Waals surface area contributed by atoms with Crippen molar-refractivity contribution >= 4 is 17.5 Å². The summed E-state index contributed by atoms with van der Waals surface area (Å²) in [5.41, 5.74) is 1.53. The number of piperidine rings is 1. The van der Waals surface area contributed by atoms with E-state index < -0.39 is 5.82 Å². The molecule has 1 aliphatic heterocycles. The van der Waals surface area contributed by atoms with Gasteiger partial charge in [-0.2, -0.15) is 0 Å². The number of carbonyl (C=O) groups excluding carboxylic acids is 1. The van der Waals surface area contributed by atoms with Gasteiger partial charge in [0.2, 0.25) is 0 Å². The molecule has 1 saturated heterocycles. The molecule has 1 unspecified atom stereocenters. The maximum absolute atomic E-state index is 13.2. The number of aromatic hydroxyl groups is 1. The minimum Gasteiger partial charge on any atom is -0.508 e. The van der Waals surface area contributed by atoms with E-state index in [0.29, 0.717) is 5.56 Å². The Balaban J connectivity index is 1.54. The fourth-order valence-corrected chi connectivity index (χ4v) is 3.48. The number of hydrogen-bond acceptors (Lipinski definition) is 3. The van der Waals surface area contributed by atoms with Crippen LogP contribution in [-0.4, -0.2) is 35.0 Å². The van der Waals surface area contributed by atoms with Crippen LogP contribution in [0.15, 0.2) is 42.5 Å². The summed E-state index contributed by atoms with van der Waals surface area (Å²) in [4.78, 5) is 14.7. The Morgan fingerprint density at radius 3 is 2.50 bits per heavy atom. The van der Waals surface area contributed by atoms with Gasteiger partial charge in [0.05, 0.1) is 5.02 Å². The lowest BCUT2D eigenvalue weighted by Gasteiger charge is -2.36. The van der Waals surface area contributed by atoms with Crippen molar-refractivity contribution in [3.8, 4) is 5.75 Å². The molecule has 0 aromatic heterocycles. The molecule has 1 fully saturated rings. The lowest BCUT2D eigenvalue weighted by atomic mass is 9.99. The minimum absolute atomic E-state index is 0.0461. The second-order valence-corrected chi connectivity index (χ2v) is 7.09. The summed E-state index contributed by atoms with van der Waals surface area (Å²) in [5, 5.41) is 12.4. The van der Waals surface area contributed by atoms with Crippen LogP contribution in [-0.2, 0) is 0 Å². The summed E-state index contributed by atoms with van der Waals surface area (Å²) in [7, 11) is 0. The van der Waals surface area contributed by atoms with Crippen LogP contribution < -0.4 is 5.32 Å². The van der Waals surface area contributed by atoms with Gasteiger partial charge in [0.1, 0.15) is 11.6 Å². The molecule has 0 radical (unpaired) electrons. The normalized spacial score (nSPS) is 17.0. The Bertz CT molecular complexity index is 774. The smallest absolute Gasteiger partial charge is 0.251 e. The van der Waals surface area contributed by atoms with Gasteiger partial charge < -0.3 is 10.4 Å². The van der Waals surface area contributed by atoms with Crippen LogP contribution in [0.1, 0.15) is 41.7 Å². The topological polar surface area (TPSA) is 52.6 Å². The number of phenols is 1. The molecule has 26 heavy (non-hydrogen) atoms. The number of phenolic OH excluding ortho intramolecular Hbond substituents is 1. The van der Waals surface area contributed by atoms with Gasteiger partial charge in [0, 0.05) is 30.7 Å². The van der Waals surface area contributed by atoms with E-state index in [1.165, 1.54) is 18.2 Å². The maximum atomic E-state index is 13.2. The number of benzene rings is 2. The second-order valence-electron chi connectivity index (χ2n) is 6.68. The Kier molecular flexibility index (Phi) is 5.79. The standard InChI is InChI=1S/C20H22ClFN2O2/c1-13(14-2-5-17(25)6-3-14)24-10-8-16(9-11-24)23-20(26)15-4-7-19(22)18(21)12-15/h2-7,12-13,16,25H,8-11H2,1H3,(H,23,26). The fraction of sp³-hybridized carbons (Fsp3) is 0.350. The number of halogens is 2. The van der Waals surface area contributed by atoms with E-state index in [9.17, 15) is 14.3 Å². The zero-order valence-electron chi connectivity index (χ0n) is 14.6. The molecule has 0 aliphatic carbocycles. The molecular formula is C20H22ClFN2O2. The van der Waals surface area contributed by atoms with Crippen LogP contribution in [0.3, 0.4) is 0 Å². The van der Waals surface area contributed by atoms with Crippen LogP contribution in [0, 0.1) is 5.82 Å². The molecule has 3 rings (SSSR count). The van der Waals surface area contributed by atoms with Crippen LogP contribution in [0.5, 0.6) is 5.75 Å². The van der Waals surface area contributed by atoms with Crippen LogP contribution in [0.2, 0.25) is 5.02 Å². The van der Waals surface area contributed by atoms with Crippen molar-refractivity contribution < 1.29 is 14.3 Å². The molecule has 0 saturated carbocycles. The molecule has 2 aromatic rings. The highest BCUT2D eigenvalue weighted by atomic mass is 35.5. The molecular weight excluding hydrogens is 355 g/mol. The van der Waals surface area contributed by atoms with Crippen LogP contribution >= 0.6 is 11.6 Å². The number of nitrogens with one attached hydrogen (secondary N) is 1. The van der Waals surface area contributed by atoms with Crippen molar-refractivity contribution in [1.82, 2.24) is 10.2 Å². The first kappa shape index (κ1) is 18.7. The molecule has 0 spiro atoms. The Labute approximate surface area is 157 Å². The molecule has 1 atom stereocenters. The van der Waals surface area contributed by atoms with Crippen molar-refractivity contribution in [2.75, 3.05) is 13.1 Å². The number of amides is 1. The Hall–Kier alpha value is -2.11. The number of likely N-dealkylation sites (tertiary alicyclic amines) is 1. The molecule has 1 heterocycles. The van der Waals surface area contributed by atoms with Gasteiger partial charge in [-0.1, -0.05) is 23.7 Å². The van der Waals surface area contributed by atoms with Gasteiger partial charge in [-0.05, 0) is 55.7 Å². The molecule has 4 nitrogen and oxygen atoms in total. The summed E-state index contributed by atoms with van der Waals surface area (Å²) < 4.78 is 13.2. The Morgan fingerprint density at radius 1 is 1.23 bits per heavy atom. The number of nitrogens with zero attached hydrogens (tertiary/aromatic N) is 1. The summed E-state index contributed by atoms with van der Waals surface area (Å²) in [6.45, 7) is 3.89. The van der Waals surface area contributed by atoms with Gasteiger partial charge in [0.15, 0.2) is 0 Å². The monoisotopic (exact) mass is 376 g/mol. The molecule has 2 aromatic carbocycles. The zero-order chi connectivity index (χ0) is 18.7. The lowest BCUT2D eigenvalue weighted by molar-refractivity contribution is 0.0896. The number of rotatable bonds is 4.